The van der Waals surface area contributed by atoms with Gasteiger partial charge in [0.05, 0.1) is 5.41 Å². The summed E-state index contributed by atoms with van der Waals surface area (Å²) in [7, 11) is 0. The monoisotopic (exact) mass is 686 g/mol. The number of anilines is 4. The fraction of sp³-hybridized carbons (Fsp3) is 0.0213. The van der Waals surface area contributed by atoms with Crippen LogP contribution in [0.1, 0.15) is 43.0 Å². The zero-order valence-electron chi connectivity index (χ0n) is 28.6. The highest BCUT2D eigenvalue weighted by atomic mass is 16.2. The number of hydrogen-bond donors (Lipinski definition) is 4. The quantitative estimate of drug-likeness (QED) is 0.131. The molecular weight excluding hydrogens is 653 g/mol. The lowest BCUT2D eigenvalue weighted by atomic mass is 9.67. The Morgan fingerprint density at radius 1 is 0.434 bits per heavy atom. The normalized spacial score (nSPS) is 12.6. The van der Waals surface area contributed by atoms with Crippen LogP contribution in [-0.2, 0) is 5.41 Å². The molecule has 0 saturated carbocycles. The minimum absolute atomic E-state index is 0.231. The maximum atomic E-state index is 13.4. The van der Waals surface area contributed by atoms with E-state index in [-0.39, 0.29) is 11.8 Å². The highest BCUT2D eigenvalue weighted by molar-refractivity contribution is 6.10. The van der Waals surface area contributed by atoms with Crippen LogP contribution in [-0.4, -0.2) is 11.8 Å². The Hall–Kier alpha value is -7.18. The molecule has 2 amide bonds. The molecule has 0 aliphatic heterocycles. The van der Waals surface area contributed by atoms with Crippen molar-refractivity contribution < 1.29 is 9.59 Å². The second-order valence-corrected chi connectivity index (χ2v) is 13.5. The lowest BCUT2D eigenvalue weighted by molar-refractivity contribution is 0.101. The molecule has 0 atom stereocenters. The van der Waals surface area contributed by atoms with E-state index in [0.29, 0.717) is 33.9 Å². The van der Waals surface area contributed by atoms with Crippen molar-refractivity contribution >= 4 is 56.1 Å². The van der Waals surface area contributed by atoms with Gasteiger partial charge in [0.1, 0.15) is 0 Å². The molecule has 0 spiro atoms. The molecule has 0 unspecified atom stereocenters. The fourth-order valence-electron chi connectivity index (χ4n) is 7.98. The van der Waals surface area contributed by atoms with Gasteiger partial charge in [0.15, 0.2) is 0 Å². The molecule has 8 aromatic rings. The second kappa shape index (κ2) is 12.5. The molecular formula is C47H34N4O2. The predicted molar refractivity (Wildman–Crippen MR) is 216 cm³/mol. The number of hydrogen-bond acceptors (Lipinski definition) is 4. The summed E-state index contributed by atoms with van der Waals surface area (Å²) in [6.07, 6.45) is 0. The second-order valence-electron chi connectivity index (χ2n) is 13.5. The molecule has 254 valence electrons. The van der Waals surface area contributed by atoms with Crippen LogP contribution < -0.4 is 22.1 Å². The fourth-order valence-corrected chi connectivity index (χ4v) is 7.98. The van der Waals surface area contributed by atoms with Gasteiger partial charge in [-0.05, 0) is 92.7 Å². The van der Waals surface area contributed by atoms with Gasteiger partial charge in [-0.3, -0.25) is 9.59 Å². The molecule has 0 fully saturated rings. The third kappa shape index (κ3) is 5.27. The Kier molecular flexibility index (Phi) is 7.52. The van der Waals surface area contributed by atoms with Crippen molar-refractivity contribution in [3.63, 3.8) is 0 Å². The molecule has 6 nitrogen and oxygen atoms in total. The van der Waals surface area contributed by atoms with Gasteiger partial charge in [-0.25, -0.2) is 0 Å². The average molecular weight is 687 g/mol. The van der Waals surface area contributed by atoms with Crippen molar-refractivity contribution in [1.82, 2.24) is 0 Å². The lowest BCUT2D eigenvalue weighted by Crippen LogP contribution is -2.28. The molecule has 6 N–H and O–H groups in total. The number of nitrogens with one attached hydrogen (secondary N) is 2. The molecule has 0 aromatic heterocycles. The molecule has 0 radical (unpaired) electrons. The molecule has 1 aliphatic carbocycles. The van der Waals surface area contributed by atoms with Crippen molar-refractivity contribution in [1.29, 1.82) is 0 Å². The first kappa shape index (κ1) is 31.8. The van der Waals surface area contributed by atoms with E-state index in [4.69, 9.17) is 11.5 Å². The van der Waals surface area contributed by atoms with Gasteiger partial charge in [-0.15, -0.1) is 0 Å². The van der Waals surface area contributed by atoms with E-state index in [1.807, 2.05) is 84.9 Å². The van der Waals surface area contributed by atoms with Gasteiger partial charge in [0.2, 0.25) is 0 Å². The van der Waals surface area contributed by atoms with Crippen molar-refractivity contribution in [2.45, 2.75) is 5.41 Å². The van der Waals surface area contributed by atoms with E-state index in [1.54, 1.807) is 12.1 Å². The summed E-state index contributed by atoms with van der Waals surface area (Å²) in [6.45, 7) is 0. The Balaban J connectivity index is 1.07. The maximum Gasteiger partial charge on any atom is 0.255 e. The third-order valence-corrected chi connectivity index (χ3v) is 10.4. The predicted octanol–water partition coefficient (Wildman–Crippen LogP) is 10.0. The van der Waals surface area contributed by atoms with E-state index in [9.17, 15) is 9.59 Å². The summed E-state index contributed by atoms with van der Waals surface area (Å²) in [6, 6.07) is 55.9. The summed E-state index contributed by atoms with van der Waals surface area (Å²) in [5.74, 6) is -0.462. The molecule has 8 aromatic carbocycles. The SMILES string of the molecule is Nc1cc(C(=O)Nc2ccc(C3(c4ccc(NC(=O)c5cc(N)c6ccccc6c5)cc4)c4ccccc4-c4ccccc43)cc2)cc2ccccc12. The lowest BCUT2D eigenvalue weighted by Gasteiger charge is -2.34. The highest BCUT2D eigenvalue weighted by Gasteiger charge is 2.45. The van der Waals surface area contributed by atoms with E-state index in [1.165, 1.54) is 11.1 Å². The Morgan fingerprint density at radius 3 is 1.25 bits per heavy atom. The molecule has 6 heteroatoms. The summed E-state index contributed by atoms with van der Waals surface area (Å²) < 4.78 is 0. The number of fused-ring (bicyclic) bond motifs is 5. The number of nitrogen functional groups attached to an aromatic ring is 2. The first-order valence-corrected chi connectivity index (χ1v) is 17.5. The number of carbonyl (C=O) groups is 2. The van der Waals surface area contributed by atoms with Gasteiger partial charge in [-0.1, -0.05) is 121 Å². The van der Waals surface area contributed by atoms with Crippen molar-refractivity contribution in [2.24, 2.45) is 0 Å². The van der Waals surface area contributed by atoms with E-state index < -0.39 is 5.41 Å². The smallest absolute Gasteiger partial charge is 0.255 e. The van der Waals surface area contributed by atoms with E-state index >= 15 is 0 Å². The van der Waals surface area contributed by atoms with Crippen LogP contribution in [0.25, 0.3) is 32.7 Å². The number of amides is 2. The molecule has 1 aliphatic rings. The highest BCUT2D eigenvalue weighted by Crippen LogP contribution is 2.56. The number of carbonyl (C=O) groups excluding carboxylic acids is 2. The maximum absolute atomic E-state index is 13.4. The van der Waals surface area contributed by atoms with Gasteiger partial charge < -0.3 is 22.1 Å². The Bertz CT molecular complexity index is 2550. The van der Waals surface area contributed by atoms with Crippen LogP contribution in [0, 0.1) is 0 Å². The molecule has 53 heavy (non-hydrogen) atoms. The molecule has 0 bridgehead atoms. The number of benzene rings is 8. The van der Waals surface area contributed by atoms with Crippen LogP contribution >= 0.6 is 0 Å². The van der Waals surface area contributed by atoms with Crippen molar-refractivity contribution in [3.05, 3.63) is 203 Å². The Morgan fingerprint density at radius 2 is 0.811 bits per heavy atom. The van der Waals surface area contributed by atoms with Gasteiger partial charge in [0.25, 0.3) is 11.8 Å². The largest absolute Gasteiger partial charge is 0.398 e. The summed E-state index contributed by atoms with van der Waals surface area (Å²) >= 11 is 0. The first-order valence-electron chi connectivity index (χ1n) is 17.5. The number of nitrogens with two attached hydrogens (primary N) is 2. The molecule has 0 saturated heterocycles. The first-order chi connectivity index (χ1) is 25.9. The van der Waals surface area contributed by atoms with E-state index in [2.05, 4.69) is 83.4 Å². The molecule has 0 heterocycles. The standard InChI is InChI=1S/C47H34N4O2/c48-43-27-31(25-29-9-1-3-11-37(29)43)45(52)50-35-21-17-33(18-22-35)47(41-15-7-5-13-39(41)40-14-6-8-16-42(40)47)34-19-23-36(24-20-34)51-46(53)32-26-30-10-2-4-12-38(30)44(49)28-32/h1-28H,48-49H2,(H,50,52)(H,51,53). The average Bonchev–Trinajstić information content (AvgIpc) is 3.49. The van der Waals surface area contributed by atoms with Crippen molar-refractivity contribution in [3.8, 4) is 11.1 Å². The van der Waals surface area contributed by atoms with Gasteiger partial charge in [0, 0.05) is 44.6 Å². The summed E-state index contributed by atoms with van der Waals surface area (Å²) in [4.78, 5) is 26.9. The minimum Gasteiger partial charge on any atom is -0.398 e. The number of rotatable bonds is 6. The third-order valence-electron chi connectivity index (χ3n) is 10.4. The van der Waals surface area contributed by atoms with Crippen molar-refractivity contribution in [2.75, 3.05) is 22.1 Å². The zero-order chi connectivity index (χ0) is 36.1. The minimum atomic E-state index is -0.655. The van der Waals surface area contributed by atoms with Crippen LogP contribution in [0.15, 0.2) is 170 Å². The summed E-state index contributed by atoms with van der Waals surface area (Å²) in [5.41, 5.74) is 22.2. The Labute approximate surface area is 306 Å². The topological polar surface area (TPSA) is 110 Å². The van der Waals surface area contributed by atoms with Gasteiger partial charge in [-0.2, -0.15) is 0 Å². The summed E-state index contributed by atoms with van der Waals surface area (Å²) in [5, 5.41) is 9.80. The van der Waals surface area contributed by atoms with Crippen LogP contribution in [0.2, 0.25) is 0 Å². The van der Waals surface area contributed by atoms with Crippen LogP contribution in [0.3, 0.4) is 0 Å². The van der Waals surface area contributed by atoms with Crippen LogP contribution in [0.5, 0.6) is 0 Å². The zero-order valence-corrected chi connectivity index (χ0v) is 28.6. The van der Waals surface area contributed by atoms with E-state index in [0.717, 1.165) is 43.8 Å². The van der Waals surface area contributed by atoms with Crippen LogP contribution in [0.4, 0.5) is 22.7 Å². The molecule has 9 rings (SSSR count). The van der Waals surface area contributed by atoms with Gasteiger partial charge >= 0.3 is 0 Å².